The molecule has 0 spiro atoms. The number of ether oxygens (including phenoxy) is 3. The number of hydrogen-bond acceptors (Lipinski definition) is 6. The highest BCUT2D eigenvalue weighted by atomic mass is 16.6. The van der Waals surface area contributed by atoms with Gasteiger partial charge in [-0.2, -0.15) is 0 Å². The second-order valence-corrected chi connectivity index (χ2v) is 17.2. The summed E-state index contributed by atoms with van der Waals surface area (Å²) >= 11 is 0. The molecule has 1 unspecified atom stereocenters. The van der Waals surface area contributed by atoms with Crippen LogP contribution in [0.25, 0.3) is 0 Å². The number of esters is 3. The van der Waals surface area contributed by atoms with Crippen LogP contribution in [-0.4, -0.2) is 37.2 Å². The van der Waals surface area contributed by atoms with Crippen LogP contribution in [0.1, 0.15) is 194 Å². The number of carbonyl (C=O) groups excluding carboxylic acids is 3. The molecule has 1 atom stereocenters. The molecule has 0 aromatic heterocycles. The van der Waals surface area contributed by atoms with Gasteiger partial charge in [0, 0.05) is 19.3 Å². The van der Waals surface area contributed by atoms with Crippen molar-refractivity contribution in [3.63, 3.8) is 0 Å². The predicted molar refractivity (Wildman–Crippen MR) is 301 cm³/mol. The fraction of sp³-hybridized carbons (Fsp3) is 0.516. The Morgan fingerprint density at radius 3 is 1.06 bits per heavy atom. The molecule has 0 amide bonds. The van der Waals surface area contributed by atoms with E-state index in [0.717, 1.165) is 128 Å². The highest BCUT2D eigenvalue weighted by Crippen LogP contribution is 2.12. The SMILES string of the molecule is CC\C=C/C=C\C=C/C=C\C=C/CCCCCC(=O)OCC(COC(=O)CCCCC/C=C\C/C=C\C/C=C\C/C=C\C/C=C\CC)OC(=O)CCCCCCC\C=C/C=C\C=C/C=C\CCCCC. The van der Waals surface area contributed by atoms with Crippen molar-refractivity contribution in [3.8, 4) is 0 Å². The van der Waals surface area contributed by atoms with Gasteiger partial charge in [0.1, 0.15) is 13.2 Å². The molecule has 0 radical (unpaired) electrons. The molecule has 0 N–H and O–H groups in total. The van der Waals surface area contributed by atoms with Crippen LogP contribution in [0.4, 0.5) is 0 Å². The van der Waals surface area contributed by atoms with E-state index in [1.54, 1.807) is 0 Å². The summed E-state index contributed by atoms with van der Waals surface area (Å²) in [6, 6.07) is 0. The van der Waals surface area contributed by atoms with E-state index in [1.807, 2.05) is 48.6 Å². The number of unbranched alkanes of at least 4 members (excludes halogenated alkanes) is 14. The zero-order valence-electron chi connectivity index (χ0n) is 44.2. The molecular formula is C64H96O6. The summed E-state index contributed by atoms with van der Waals surface area (Å²) in [6.45, 7) is 6.23. The molecule has 0 aliphatic carbocycles. The molecule has 0 aromatic rings. The molecule has 70 heavy (non-hydrogen) atoms. The summed E-state index contributed by atoms with van der Waals surface area (Å²) in [5, 5.41) is 0. The lowest BCUT2D eigenvalue weighted by atomic mass is 10.1. The molecular weight excluding hydrogens is 865 g/mol. The van der Waals surface area contributed by atoms with Gasteiger partial charge in [-0.05, 0) is 109 Å². The molecule has 0 fully saturated rings. The molecule has 0 saturated carbocycles. The van der Waals surface area contributed by atoms with E-state index in [9.17, 15) is 14.4 Å². The molecule has 6 heteroatoms. The lowest BCUT2D eigenvalue weighted by molar-refractivity contribution is -0.167. The first-order valence-electron chi connectivity index (χ1n) is 27.3. The molecule has 0 aromatic carbocycles. The summed E-state index contributed by atoms with van der Waals surface area (Å²) in [4.78, 5) is 38.1. The maximum atomic E-state index is 12.8. The summed E-state index contributed by atoms with van der Waals surface area (Å²) in [6.07, 6.45) is 83.3. The average molecular weight is 961 g/mol. The van der Waals surface area contributed by atoms with Crippen LogP contribution in [0.3, 0.4) is 0 Å². The predicted octanol–water partition coefficient (Wildman–Crippen LogP) is 18.4. The monoisotopic (exact) mass is 961 g/mol. The minimum absolute atomic E-state index is 0.128. The van der Waals surface area contributed by atoms with Crippen molar-refractivity contribution in [1.29, 1.82) is 0 Å². The zero-order chi connectivity index (χ0) is 50.7. The van der Waals surface area contributed by atoms with Crippen LogP contribution in [0, 0.1) is 0 Å². The van der Waals surface area contributed by atoms with Crippen LogP contribution < -0.4 is 0 Å². The van der Waals surface area contributed by atoms with Crippen molar-refractivity contribution in [2.45, 2.75) is 200 Å². The lowest BCUT2D eigenvalue weighted by Crippen LogP contribution is -2.30. The molecule has 388 valence electrons. The van der Waals surface area contributed by atoms with E-state index in [0.29, 0.717) is 12.8 Å². The van der Waals surface area contributed by atoms with Gasteiger partial charge in [0.05, 0.1) is 0 Å². The smallest absolute Gasteiger partial charge is 0.306 e. The molecule has 0 rings (SSSR count). The Bertz CT molecular complexity index is 1670. The minimum atomic E-state index is -0.832. The topological polar surface area (TPSA) is 78.9 Å². The van der Waals surface area contributed by atoms with Gasteiger partial charge in [-0.3, -0.25) is 14.4 Å². The molecule has 0 bridgehead atoms. The summed E-state index contributed by atoms with van der Waals surface area (Å²) in [7, 11) is 0. The highest BCUT2D eigenvalue weighted by molar-refractivity contribution is 5.71. The summed E-state index contributed by atoms with van der Waals surface area (Å²) < 4.78 is 16.8. The van der Waals surface area contributed by atoms with E-state index in [-0.39, 0.29) is 44.0 Å². The van der Waals surface area contributed by atoms with Gasteiger partial charge in [-0.25, -0.2) is 0 Å². The fourth-order valence-corrected chi connectivity index (χ4v) is 6.62. The Balaban J connectivity index is 4.62. The highest BCUT2D eigenvalue weighted by Gasteiger charge is 2.19. The van der Waals surface area contributed by atoms with Gasteiger partial charge in [-0.15, -0.1) is 0 Å². The van der Waals surface area contributed by atoms with Crippen LogP contribution >= 0.6 is 0 Å². The second-order valence-electron chi connectivity index (χ2n) is 17.2. The summed E-state index contributed by atoms with van der Waals surface area (Å²) in [5.74, 6) is -1.04. The first-order valence-corrected chi connectivity index (χ1v) is 27.3. The van der Waals surface area contributed by atoms with E-state index < -0.39 is 6.10 Å². The summed E-state index contributed by atoms with van der Waals surface area (Å²) in [5.41, 5.74) is 0. The largest absolute Gasteiger partial charge is 0.462 e. The Morgan fingerprint density at radius 2 is 0.629 bits per heavy atom. The zero-order valence-corrected chi connectivity index (χ0v) is 44.2. The first kappa shape index (κ1) is 64.8. The van der Waals surface area contributed by atoms with Crippen LogP contribution in [0.15, 0.2) is 170 Å². The Labute approximate surface area is 428 Å². The molecule has 0 aliphatic rings. The van der Waals surface area contributed by atoms with Crippen molar-refractivity contribution >= 4 is 17.9 Å². The maximum absolute atomic E-state index is 12.8. The number of carbonyl (C=O) groups is 3. The quantitative estimate of drug-likeness (QED) is 0.0199. The maximum Gasteiger partial charge on any atom is 0.306 e. The third kappa shape index (κ3) is 53.7. The van der Waals surface area contributed by atoms with Gasteiger partial charge in [0.25, 0.3) is 0 Å². The number of rotatable bonds is 46. The van der Waals surface area contributed by atoms with Gasteiger partial charge >= 0.3 is 17.9 Å². The van der Waals surface area contributed by atoms with Crippen molar-refractivity contribution in [2.75, 3.05) is 13.2 Å². The lowest BCUT2D eigenvalue weighted by Gasteiger charge is -2.18. The van der Waals surface area contributed by atoms with Crippen molar-refractivity contribution in [1.82, 2.24) is 0 Å². The van der Waals surface area contributed by atoms with E-state index in [2.05, 4.69) is 142 Å². The van der Waals surface area contributed by atoms with Gasteiger partial charge in [-0.1, -0.05) is 236 Å². The van der Waals surface area contributed by atoms with Crippen LogP contribution in [0.2, 0.25) is 0 Å². The molecule has 0 saturated heterocycles. The van der Waals surface area contributed by atoms with Gasteiger partial charge in [0.15, 0.2) is 6.10 Å². The molecule has 0 heterocycles. The van der Waals surface area contributed by atoms with Gasteiger partial charge < -0.3 is 14.2 Å². The van der Waals surface area contributed by atoms with E-state index >= 15 is 0 Å². The fourth-order valence-electron chi connectivity index (χ4n) is 6.62. The van der Waals surface area contributed by atoms with Crippen molar-refractivity contribution < 1.29 is 28.6 Å². The molecule has 0 aliphatic heterocycles. The number of hydrogen-bond donors (Lipinski definition) is 0. The first-order chi connectivity index (χ1) is 34.5. The van der Waals surface area contributed by atoms with E-state index in [1.165, 1.54) is 19.3 Å². The third-order valence-corrected chi connectivity index (χ3v) is 10.7. The minimum Gasteiger partial charge on any atom is -0.462 e. The molecule has 6 nitrogen and oxygen atoms in total. The number of allylic oxidation sites excluding steroid dienone is 28. The Kier molecular flexibility index (Phi) is 52.1. The third-order valence-electron chi connectivity index (χ3n) is 10.7. The Morgan fingerprint density at radius 1 is 0.314 bits per heavy atom. The average Bonchev–Trinajstić information content (AvgIpc) is 3.36. The van der Waals surface area contributed by atoms with Gasteiger partial charge in [0.2, 0.25) is 0 Å². The second kappa shape index (κ2) is 56.4. The standard InChI is InChI=1S/C64H96O6/c1-4-7-10-13-16-19-22-25-28-30-32-34-36-39-42-45-48-51-54-57-63(66)69-60-61(59-68-62(65)56-53-50-47-44-41-38-35-27-24-21-18-15-12-9-6-3)70-64(67)58-55-52-49-46-43-40-37-33-31-29-26-23-20-17-14-11-8-5-2/h7,9-10,12,15-21,23-29,31-35,37-39,41-42,61H,4-6,8,11,13-14,22,30,36,40,43-60H2,1-3H3/b10-7-,12-9-,18-15-,19-16-,20-17-,24-21-,26-23-,28-25-,31-29-,34-32-,35-27-,37-33-,41-38-,42-39-. The van der Waals surface area contributed by atoms with E-state index in [4.69, 9.17) is 14.2 Å². The van der Waals surface area contributed by atoms with Crippen LogP contribution in [-0.2, 0) is 28.6 Å². The Hall–Kier alpha value is -5.23. The van der Waals surface area contributed by atoms with Crippen molar-refractivity contribution in [2.24, 2.45) is 0 Å². The normalized spacial score (nSPS) is 13.5. The van der Waals surface area contributed by atoms with Crippen molar-refractivity contribution in [3.05, 3.63) is 170 Å². The van der Waals surface area contributed by atoms with Crippen LogP contribution in [0.5, 0.6) is 0 Å².